The Bertz CT molecular complexity index is 1380. The van der Waals surface area contributed by atoms with E-state index < -0.39 is 15.7 Å². The van der Waals surface area contributed by atoms with Crippen LogP contribution in [0.5, 0.6) is 0 Å². The van der Waals surface area contributed by atoms with Crippen LogP contribution in [0, 0.1) is 0 Å². The first-order valence-electron chi connectivity index (χ1n) is 11.2. The van der Waals surface area contributed by atoms with Crippen LogP contribution in [0.15, 0.2) is 46.4 Å². The number of rotatable bonds is 8. The van der Waals surface area contributed by atoms with Crippen LogP contribution < -0.4 is 10.2 Å². The van der Waals surface area contributed by atoms with E-state index in [-0.39, 0.29) is 22.0 Å². The molecule has 1 aliphatic heterocycles. The summed E-state index contributed by atoms with van der Waals surface area (Å²) in [7, 11) is 0.466. The maximum atomic E-state index is 13.2. The lowest BCUT2D eigenvalue weighted by molar-refractivity contribution is -0.110. The molecular weight excluding hydrogens is 490 g/mol. The molecule has 1 saturated carbocycles. The van der Waals surface area contributed by atoms with Crippen molar-refractivity contribution >= 4 is 54.1 Å². The van der Waals surface area contributed by atoms with Crippen molar-refractivity contribution in [2.75, 3.05) is 37.5 Å². The van der Waals surface area contributed by atoms with Gasteiger partial charge < -0.3 is 14.5 Å². The van der Waals surface area contributed by atoms with Crippen molar-refractivity contribution in [3.05, 3.63) is 42.0 Å². The fraction of sp³-hybridized carbons (Fsp3) is 0.391. The highest BCUT2D eigenvalue weighted by Crippen LogP contribution is 2.33. The van der Waals surface area contributed by atoms with E-state index in [0.29, 0.717) is 53.5 Å². The fourth-order valence-corrected chi connectivity index (χ4v) is 6.07. The highest BCUT2D eigenvalue weighted by atomic mass is 32.2. The van der Waals surface area contributed by atoms with E-state index in [1.54, 1.807) is 12.1 Å². The molecule has 1 N–H and O–H groups in total. The Hall–Kier alpha value is -3.09. The average molecular weight is 516 g/mol. The van der Waals surface area contributed by atoms with E-state index in [2.05, 4.69) is 20.4 Å². The van der Waals surface area contributed by atoms with Crippen molar-refractivity contribution in [1.82, 2.24) is 9.97 Å². The Balaban J connectivity index is 1.41. The largest absolute Gasteiger partial charge is 0.389 e. The maximum absolute atomic E-state index is 13.2. The summed E-state index contributed by atoms with van der Waals surface area (Å²) in [6.07, 6.45) is 1.80. The number of nitrogens with zero attached hydrogens (tertiary/aromatic N) is 4. The summed E-state index contributed by atoms with van der Waals surface area (Å²) in [5.74, 6) is 0.267. The average Bonchev–Trinajstić information content (AvgIpc) is 3.44. The number of carbonyl (C=O) groups excluding carboxylic acids is 1. The number of ether oxygens (including phenoxy) is 1. The molecule has 0 unspecified atom stereocenters. The predicted octanol–water partition coefficient (Wildman–Crippen LogP) is 2.84. The molecule has 1 aliphatic carbocycles. The topological polar surface area (TPSA) is 123 Å². The highest BCUT2D eigenvalue weighted by Gasteiger charge is 2.36. The van der Waals surface area contributed by atoms with E-state index in [1.165, 1.54) is 23.5 Å². The quantitative estimate of drug-likeness (QED) is 0.359. The van der Waals surface area contributed by atoms with Gasteiger partial charge >= 0.3 is 0 Å². The van der Waals surface area contributed by atoms with Gasteiger partial charge in [-0.05, 0) is 37.1 Å². The summed E-state index contributed by atoms with van der Waals surface area (Å²) >= 11 is 1.25. The second-order valence-electron chi connectivity index (χ2n) is 8.66. The van der Waals surface area contributed by atoms with Crippen molar-refractivity contribution in [3.63, 3.8) is 0 Å². The summed E-state index contributed by atoms with van der Waals surface area (Å²) in [5.41, 5.74) is 1.13. The van der Waals surface area contributed by atoms with Gasteiger partial charge in [-0.1, -0.05) is 28.6 Å². The van der Waals surface area contributed by atoms with Gasteiger partial charge in [0.2, 0.25) is 0 Å². The Labute approximate surface area is 206 Å². The minimum Gasteiger partial charge on any atom is -0.389 e. The van der Waals surface area contributed by atoms with Crippen molar-refractivity contribution < 1.29 is 22.8 Å². The molecule has 35 heavy (non-hydrogen) atoms. The van der Waals surface area contributed by atoms with Crippen LogP contribution in [-0.4, -0.2) is 68.7 Å². The number of anilines is 2. The molecule has 2 aromatic heterocycles. The first kappa shape index (κ1) is 23.6. The Kier molecular flexibility index (Phi) is 6.43. The standard InChI is InChI=1S/C23H25N5O5S2/c1-28(2)19-10-9-18-22(25-19)34-23(24-18)26-21(29)20(27-33-15-11-12-32-13-15)14-3-5-16(6-4-14)35(30,31)17-7-8-17/h3-6,9-10,15,17H,7-8,11-13H2,1-2H3,(H,24,26,29)/t15-/m1/s1. The van der Waals surface area contributed by atoms with E-state index in [1.807, 2.05) is 31.1 Å². The number of oxime groups is 1. The SMILES string of the molecule is CN(C)c1ccc2nc(NC(=O)C(=NO[C@@H]3CCOC3)c3ccc(S(=O)(=O)C4CC4)cc3)sc2n1. The van der Waals surface area contributed by atoms with Crippen LogP contribution in [0.1, 0.15) is 24.8 Å². The molecule has 184 valence electrons. The second-order valence-corrected chi connectivity index (χ2v) is 11.9. The number of aromatic nitrogens is 2. The number of pyridine rings is 1. The normalized spacial score (nSPS) is 18.6. The van der Waals surface area contributed by atoms with Crippen LogP contribution >= 0.6 is 11.3 Å². The molecule has 1 aromatic carbocycles. The Morgan fingerprint density at radius 2 is 1.91 bits per heavy atom. The smallest absolute Gasteiger partial charge is 0.280 e. The number of fused-ring (bicyclic) bond motifs is 1. The first-order valence-corrected chi connectivity index (χ1v) is 13.6. The van der Waals surface area contributed by atoms with Crippen molar-refractivity contribution in [1.29, 1.82) is 0 Å². The number of hydrogen-bond donors (Lipinski definition) is 1. The minimum atomic E-state index is -3.33. The third kappa shape index (κ3) is 5.14. The zero-order chi connectivity index (χ0) is 24.6. The van der Waals surface area contributed by atoms with Crippen molar-refractivity contribution in [3.8, 4) is 0 Å². The number of thiazole rings is 1. The van der Waals surface area contributed by atoms with Gasteiger partial charge in [-0.3, -0.25) is 10.1 Å². The lowest BCUT2D eigenvalue weighted by atomic mass is 10.1. The molecule has 12 heteroatoms. The monoisotopic (exact) mass is 515 g/mol. The number of benzene rings is 1. The van der Waals surface area contributed by atoms with Gasteiger partial charge in [0, 0.05) is 26.1 Å². The molecule has 3 heterocycles. The zero-order valence-electron chi connectivity index (χ0n) is 19.3. The molecule has 0 spiro atoms. The predicted molar refractivity (Wildman–Crippen MR) is 134 cm³/mol. The molecular formula is C23H25N5O5S2. The Morgan fingerprint density at radius 1 is 1.14 bits per heavy atom. The molecule has 10 nitrogen and oxygen atoms in total. The number of carbonyl (C=O) groups is 1. The van der Waals surface area contributed by atoms with Crippen LogP contribution in [0.3, 0.4) is 0 Å². The van der Waals surface area contributed by atoms with Gasteiger partial charge in [-0.2, -0.15) is 0 Å². The lowest BCUT2D eigenvalue weighted by Crippen LogP contribution is -2.25. The van der Waals surface area contributed by atoms with E-state index in [0.717, 1.165) is 5.82 Å². The summed E-state index contributed by atoms with van der Waals surface area (Å²) < 4.78 is 30.4. The number of nitrogens with one attached hydrogen (secondary N) is 1. The molecule has 1 amide bonds. The zero-order valence-corrected chi connectivity index (χ0v) is 20.9. The molecule has 3 aromatic rings. The van der Waals surface area contributed by atoms with Crippen LogP contribution in [0.25, 0.3) is 10.3 Å². The van der Waals surface area contributed by atoms with Gasteiger partial charge in [-0.25, -0.2) is 18.4 Å². The molecule has 1 atom stereocenters. The number of hydrogen-bond acceptors (Lipinski definition) is 10. The summed E-state index contributed by atoms with van der Waals surface area (Å²) in [4.78, 5) is 30.6. The van der Waals surface area contributed by atoms with Crippen LogP contribution in [0.2, 0.25) is 0 Å². The second kappa shape index (κ2) is 9.51. The van der Waals surface area contributed by atoms with Crippen molar-refractivity contribution in [2.45, 2.75) is 35.5 Å². The highest BCUT2D eigenvalue weighted by molar-refractivity contribution is 7.92. The van der Waals surface area contributed by atoms with Crippen LogP contribution in [-0.2, 0) is 24.2 Å². The number of amides is 1. The summed E-state index contributed by atoms with van der Waals surface area (Å²) in [5, 5.41) is 6.98. The summed E-state index contributed by atoms with van der Waals surface area (Å²) in [6.45, 7) is 0.970. The van der Waals surface area contributed by atoms with Gasteiger partial charge in [-0.15, -0.1) is 0 Å². The molecule has 2 fully saturated rings. The third-order valence-electron chi connectivity index (χ3n) is 5.74. The first-order chi connectivity index (χ1) is 16.8. The van der Waals surface area contributed by atoms with E-state index in [4.69, 9.17) is 9.57 Å². The van der Waals surface area contributed by atoms with Crippen molar-refractivity contribution in [2.24, 2.45) is 5.16 Å². The van der Waals surface area contributed by atoms with Gasteiger partial charge in [0.1, 0.15) is 16.2 Å². The third-order valence-corrected chi connectivity index (χ3v) is 8.89. The van der Waals surface area contributed by atoms with Crippen LogP contribution in [0.4, 0.5) is 10.9 Å². The molecule has 1 saturated heterocycles. The van der Waals surface area contributed by atoms with Gasteiger partial charge in [0.25, 0.3) is 5.91 Å². The minimum absolute atomic E-state index is 0.0217. The van der Waals surface area contributed by atoms with Gasteiger partial charge in [0.15, 0.2) is 26.8 Å². The molecule has 0 bridgehead atoms. The molecule has 5 rings (SSSR count). The summed E-state index contributed by atoms with van der Waals surface area (Å²) in [6, 6.07) is 9.87. The molecule has 2 aliphatic rings. The van der Waals surface area contributed by atoms with E-state index >= 15 is 0 Å². The lowest BCUT2D eigenvalue weighted by Gasteiger charge is -2.10. The maximum Gasteiger partial charge on any atom is 0.280 e. The molecule has 0 radical (unpaired) electrons. The Morgan fingerprint density at radius 3 is 2.57 bits per heavy atom. The fourth-order valence-electron chi connectivity index (χ4n) is 3.59. The van der Waals surface area contributed by atoms with Gasteiger partial charge in [0.05, 0.1) is 23.4 Å². The number of sulfone groups is 1. The van der Waals surface area contributed by atoms with E-state index in [9.17, 15) is 13.2 Å².